The number of nitrogens with zero attached hydrogens (tertiary/aromatic N) is 2. The van der Waals surface area contributed by atoms with Crippen molar-refractivity contribution in [1.82, 2.24) is 10.4 Å². The normalized spacial score (nSPS) is 11.0. The van der Waals surface area contributed by atoms with E-state index in [0.717, 1.165) is 33.3 Å². The fraction of sp³-hybridized carbons (Fsp3) is 0.190. The number of ether oxygens (including phenoxy) is 1. The number of rotatable bonds is 9. The van der Waals surface area contributed by atoms with Gasteiger partial charge in [-0.05, 0) is 36.2 Å². The smallest absolute Gasteiger partial charge is 0.250 e. The zero-order chi connectivity index (χ0) is 20.5. The van der Waals surface area contributed by atoms with Gasteiger partial charge in [-0.25, -0.2) is 10.4 Å². The van der Waals surface area contributed by atoms with Crippen LogP contribution < -0.4 is 10.2 Å². The van der Waals surface area contributed by atoms with E-state index in [4.69, 9.17) is 16.3 Å². The van der Waals surface area contributed by atoms with Crippen LogP contribution >= 0.6 is 34.7 Å². The fourth-order valence-electron chi connectivity index (χ4n) is 2.32. The molecule has 5 nitrogen and oxygen atoms in total. The van der Waals surface area contributed by atoms with E-state index in [-0.39, 0.29) is 11.7 Å². The number of thioether (sulfide) groups is 1. The number of carbonyl (C=O) groups is 1. The van der Waals surface area contributed by atoms with E-state index < -0.39 is 0 Å². The molecule has 0 unspecified atom stereocenters. The van der Waals surface area contributed by atoms with Gasteiger partial charge in [0.1, 0.15) is 5.75 Å². The highest BCUT2D eigenvalue weighted by atomic mass is 35.5. The van der Waals surface area contributed by atoms with E-state index in [1.165, 1.54) is 23.1 Å². The number of hydrogen-bond acceptors (Lipinski definition) is 6. The highest BCUT2D eigenvalue weighted by Gasteiger charge is 2.08. The van der Waals surface area contributed by atoms with Crippen molar-refractivity contribution in [2.75, 3.05) is 12.4 Å². The Labute approximate surface area is 183 Å². The highest BCUT2D eigenvalue weighted by molar-refractivity contribution is 8.01. The SMILES string of the molecule is CCCOc1cccc(/C=N/NC(=O)CSc2nc(-c3ccc(Cl)cc3)cs2)c1. The Balaban J connectivity index is 1.47. The molecule has 1 amide bonds. The van der Waals surface area contributed by atoms with Crippen LogP contribution in [0.2, 0.25) is 5.02 Å². The lowest BCUT2D eigenvalue weighted by molar-refractivity contribution is -0.118. The van der Waals surface area contributed by atoms with Crippen molar-refractivity contribution in [1.29, 1.82) is 0 Å². The van der Waals surface area contributed by atoms with E-state index in [0.29, 0.717) is 11.6 Å². The average Bonchev–Trinajstić information content (AvgIpc) is 3.21. The third-order valence-corrected chi connectivity index (χ3v) is 5.96. The molecule has 0 aliphatic rings. The second-order valence-electron chi connectivity index (χ2n) is 6.01. The Hall–Kier alpha value is -2.35. The van der Waals surface area contributed by atoms with Crippen LogP contribution in [0.4, 0.5) is 0 Å². The second kappa shape index (κ2) is 11.0. The summed E-state index contributed by atoms with van der Waals surface area (Å²) in [5, 5.41) is 6.67. The van der Waals surface area contributed by atoms with Crippen LogP contribution in [0, 0.1) is 0 Å². The molecule has 1 heterocycles. The highest BCUT2D eigenvalue weighted by Crippen LogP contribution is 2.28. The molecule has 0 radical (unpaired) electrons. The Morgan fingerprint density at radius 3 is 2.93 bits per heavy atom. The Bertz CT molecular complexity index is 974. The lowest BCUT2D eigenvalue weighted by Crippen LogP contribution is -2.19. The van der Waals surface area contributed by atoms with Gasteiger partial charge < -0.3 is 4.74 Å². The van der Waals surface area contributed by atoms with Crippen molar-refractivity contribution < 1.29 is 9.53 Å². The minimum Gasteiger partial charge on any atom is -0.494 e. The van der Waals surface area contributed by atoms with Crippen molar-refractivity contribution in [2.24, 2.45) is 5.10 Å². The van der Waals surface area contributed by atoms with E-state index in [9.17, 15) is 4.79 Å². The maximum atomic E-state index is 12.0. The monoisotopic (exact) mass is 445 g/mol. The number of halogens is 1. The summed E-state index contributed by atoms with van der Waals surface area (Å²) in [5.41, 5.74) is 5.27. The number of hydrazone groups is 1. The molecule has 0 spiro atoms. The number of aromatic nitrogens is 1. The molecule has 0 saturated heterocycles. The maximum Gasteiger partial charge on any atom is 0.250 e. The molecule has 0 saturated carbocycles. The largest absolute Gasteiger partial charge is 0.494 e. The van der Waals surface area contributed by atoms with E-state index >= 15 is 0 Å². The first-order chi connectivity index (χ1) is 14.1. The molecule has 0 aliphatic carbocycles. The van der Waals surface area contributed by atoms with Crippen LogP contribution in [-0.2, 0) is 4.79 Å². The van der Waals surface area contributed by atoms with Gasteiger partial charge in [0.05, 0.1) is 24.3 Å². The third kappa shape index (κ3) is 6.88. The van der Waals surface area contributed by atoms with Crippen LogP contribution in [0.15, 0.2) is 63.4 Å². The molecule has 0 aliphatic heterocycles. The molecular weight excluding hydrogens is 426 g/mol. The van der Waals surface area contributed by atoms with E-state index in [1.807, 2.05) is 53.9 Å². The van der Waals surface area contributed by atoms with Gasteiger partial charge in [0.25, 0.3) is 5.91 Å². The molecule has 150 valence electrons. The van der Waals surface area contributed by atoms with Gasteiger partial charge in [0.2, 0.25) is 0 Å². The number of benzene rings is 2. The first-order valence-electron chi connectivity index (χ1n) is 9.03. The van der Waals surface area contributed by atoms with Crippen molar-refractivity contribution in [2.45, 2.75) is 17.7 Å². The van der Waals surface area contributed by atoms with Crippen molar-refractivity contribution in [3.8, 4) is 17.0 Å². The summed E-state index contributed by atoms with van der Waals surface area (Å²) in [6.07, 6.45) is 2.55. The number of nitrogens with one attached hydrogen (secondary N) is 1. The standard InChI is InChI=1S/C21H20ClN3O2S2/c1-2-10-27-18-5-3-4-15(11-18)12-23-25-20(26)14-29-21-24-19(13-28-21)16-6-8-17(22)9-7-16/h3-9,11-13H,2,10,14H2,1H3,(H,25,26)/b23-12+. The van der Waals surface area contributed by atoms with Crippen molar-refractivity contribution in [3.05, 3.63) is 64.5 Å². The van der Waals surface area contributed by atoms with E-state index in [2.05, 4.69) is 22.4 Å². The topological polar surface area (TPSA) is 63.6 Å². The molecule has 2 aromatic carbocycles. The minimum absolute atomic E-state index is 0.187. The van der Waals surface area contributed by atoms with Gasteiger partial charge in [0, 0.05) is 16.0 Å². The van der Waals surface area contributed by atoms with Gasteiger partial charge in [-0.2, -0.15) is 5.10 Å². The number of thiazole rings is 1. The molecular formula is C21H20ClN3O2S2. The van der Waals surface area contributed by atoms with Crippen LogP contribution in [0.25, 0.3) is 11.3 Å². The summed E-state index contributed by atoms with van der Waals surface area (Å²) >= 11 is 8.80. The quantitative estimate of drug-likeness (QED) is 0.268. The first-order valence-corrected chi connectivity index (χ1v) is 11.3. The number of carbonyl (C=O) groups excluding carboxylic acids is 1. The molecule has 1 N–H and O–H groups in total. The summed E-state index contributed by atoms with van der Waals surface area (Å²) in [4.78, 5) is 16.6. The van der Waals surface area contributed by atoms with Crippen LogP contribution in [0.1, 0.15) is 18.9 Å². The first kappa shape index (κ1) is 21.4. The zero-order valence-electron chi connectivity index (χ0n) is 15.8. The van der Waals surface area contributed by atoms with Crippen LogP contribution in [0.3, 0.4) is 0 Å². The summed E-state index contributed by atoms with van der Waals surface area (Å²) in [5.74, 6) is 0.843. The minimum atomic E-state index is -0.187. The Kier molecular flexibility index (Phi) is 8.10. The van der Waals surface area contributed by atoms with Crippen LogP contribution in [0.5, 0.6) is 5.75 Å². The predicted molar refractivity (Wildman–Crippen MR) is 121 cm³/mol. The van der Waals surface area contributed by atoms with Gasteiger partial charge in [0.15, 0.2) is 4.34 Å². The molecule has 1 aromatic heterocycles. The summed E-state index contributed by atoms with van der Waals surface area (Å²) in [7, 11) is 0. The van der Waals surface area contributed by atoms with Crippen molar-refractivity contribution in [3.63, 3.8) is 0 Å². The molecule has 3 aromatic rings. The van der Waals surface area contributed by atoms with Gasteiger partial charge in [-0.1, -0.05) is 54.6 Å². The lowest BCUT2D eigenvalue weighted by atomic mass is 10.2. The van der Waals surface area contributed by atoms with Crippen molar-refractivity contribution >= 4 is 46.8 Å². The number of amides is 1. The zero-order valence-corrected chi connectivity index (χ0v) is 18.2. The molecule has 0 bridgehead atoms. The van der Waals surface area contributed by atoms with Gasteiger partial charge in [-0.15, -0.1) is 11.3 Å². The van der Waals surface area contributed by atoms with Gasteiger partial charge >= 0.3 is 0 Å². The molecule has 8 heteroatoms. The summed E-state index contributed by atoms with van der Waals surface area (Å²) < 4.78 is 6.41. The molecule has 0 atom stereocenters. The predicted octanol–water partition coefficient (Wildman–Crippen LogP) is 5.49. The Morgan fingerprint density at radius 1 is 1.31 bits per heavy atom. The maximum absolute atomic E-state index is 12.0. The lowest BCUT2D eigenvalue weighted by Gasteiger charge is -2.04. The molecule has 0 fully saturated rings. The molecule has 3 rings (SSSR count). The van der Waals surface area contributed by atoms with Crippen LogP contribution in [-0.4, -0.2) is 29.5 Å². The summed E-state index contributed by atoms with van der Waals surface area (Å²) in [6.45, 7) is 2.73. The average molecular weight is 446 g/mol. The summed E-state index contributed by atoms with van der Waals surface area (Å²) in [6, 6.07) is 15.1. The Morgan fingerprint density at radius 2 is 2.14 bits per heavy atom. The second-order valence-corrected chi connectivity index (χ2v) is 8.53. The fourth-order valence-corrected chi connectivity index (χ4v) is 4.07. The number of hydrogen-bond donors (Lipinski definition) is 1. The van der Waals surface area contributed by atoms with E-state index in [1.54, 1.807) is 6.21 Å². The molecule has 29 heavy (non-hydrogen) atoms. The van der Waals surface area contributed by atoms with Gasteiger partial charge in [-0.3, -0.25) is 4.79 Å². The third-order valence-electron chi connectivity index (χ3n) is 3.68.